The molecule has 1 aliphatic heterocycles. The molecule has 9 nitrogen and oxygen atoms in total. The van der Waals surface area contributed by atoms with Gasteiger partial charge < -0.3 is 14.6 Å². The number of nitrogens with zero attached hydrogens (tertiary/aromatic N) is 1. The Morgan fingerprint density at radius 2 is 1.74 bits per heavy atom. The molecule has 1 saturated heterocycles. The lowest BCUT2D eigenvalue weighted by Crippen LogP contribution is -2.37. The maximum atomic E-state index is 12.6. The third kappa shape index (κ3) is 5.29. The van der Waals surface area contributed by atoms with Gasteiger partial charge in [0.25, 0.3) is 0 Å². The van der Waals surface area contributed by atoms with Gasteiger partial charge in [-0.15, -0.1) is 0 Å². The van der Waals surface area contributed by atoms with Gasteiger partial charge in [-0.3, -0.25) is 4.31 Å². The molecule has 0 spiro atoms. The van der Waals surface area contributed by atoms with Crippen LogP contribution in [0.4, 0.5) is 5.69 Å². The first-order valence-corrected chi connectivity index (χ1v) is 12.8. The molecule has 1 atom stereocenters. The lowest BCUT2D eigenvalue weighted by atomic mass is 10.1. The van der Waals surface area contributed by atoms with Crippen LogP contribution in [-0.4, -0.2) is 55.0 Å². The summed E-state index contributed by atoms with van der Waals surface area (Å²) in [4.78, 5) is -0.0230. The van der Waals surface area contributed by atoms with Crippen LogP contribution in [0.2, 0.25) is 0 Å². The zero-order valence-electron chi connectivity index (χ0n) is 17.3. The van der Waals surface area contributed by atoms with Gasteiger partial charge in [0.1, 0.15) is 0 Å². The van der Waals surface area contributed by atoms with E-state index in [1.807, 2.05) is 0 Å². The molecule has 3 rings (SSSR count). The number of aliphatic hydroxyl groups excluding tert-OH is 1. The molecule has 31 heavy (non-hydrogen) atoms. The molecule has 1 heterocycles. The number of sulfonamides is 2. The highest BCUT2D eigenvalue weighted by Crippen LogP contribution is 2.30. The van der Waals surface area contributed by atoms with Gasteiger partial charge in [-0.1, -0.05) is 6.07 Å². The topological polar surface area (TPSA) is 122 Å². The minimum Gasteiger partial charge on any atom is -0.493 e. The second kappa shape index (κ2) is 9.43. The second-order valence-corrected chi connectivity index (χ2v) is 10.9. The molecule has 0 amide bonds. The van der Waals surface area contributed by atoms with Crippen molar-refractivity contribution in [2.75, 3.05) is 37.4 Å². The SMILES string of the molecule is COc1ccc(C(O)CNS(=O)(=O)c2ccc(N3CCCCS3(=O)=O)cc2)cc1OC. The summed E-state index contributed by atoms with van der Waals surface area (Å²) in [6.07, 6.45) is 0.277. The van der Waals surface area contributed by atoms with E-state index in [-0.39, 0.29) is 17.2 Å². The lowest BCUT2D eigenvalue weighted by Gasteiger charge is -2.28. The molecule has 0 radical (unpaired) electrons. The van der Waals surface area contributed by atoms with Gasteiger partial charge in [0.2, 0.25) is 20.0 Å². The van der Waals surface area contributed by atoms with Crippen LogP contribution in [0.15, 0.2) is 47.4 Å². The van der Waals surface area contributed by atoms with Gasteiger partial charge in [0.15, 0.2) is 11.5 Å². The van der Waals surface area contributed by atoms with Crippen molar-refractivity contribution < 1.29 is 31.4 Å². The lowest BCUT2D eigenvalue weighted by molar-refractivity contribution is 0.181. The smallest absolute Gasteiger partial charge is 0.240 e. The zero-order valence-corrected chi connectivity index (χ0v) is 18.9. The summed E-state index contributed by atoms with van der Waals surface area (Å²) in [6, 6.07) is 10.5. The first kappa shape index (κ1) is 23.3. The highest BCUT2D eigenvalue weighted by Gasteiger charge is 2.26. The number of methoxy groups -OCH3 is 2. The number of aliphatic hydroxyl groups is 1. The molecule has 2 aromatic rings. The number of hydrogen-bond donors (Lipinski definition) is 2. The summed E-state index contributed by atoms with van der Waals surface area (Å²) >= 11 is 0. The van der Waals surface area contributed by atoms with Crippen LogP contribution in [0.25, 0.3) is 0 Å². The molecule has 170 valence electrons. The number of ether oxygens (including phenoxy) is 2. The number of benzene rings is 2. The molecule has 11 heteroatoms. The Morgan fingerprint density at radius 3 is 2.35 bits per heavy atom. The highest BCUT2D eigenvalue weighted by molar-refractivity contribution is 7.92. The van der Waals surface area contributed by atoms with Crippen LogP contribution < -0.4 is 18.5 Å². The summed E-state index contributed by atoms with van der Waals surface area (Å²) in [6.45, 7) is 0.129. The maximum Gasteiger partial charge on any atom is 0.240 e. The summed E-state index contributed by atoms with van der Waals surface area (Å²) in [7, 11) is -4.31. The minimum absolute atomic E-state index is 0.0230. The third-order valence-corrected chi connectivity index (χ3v) is 8.35. The van der Waals surface area contributed by atoms with Crippen molar-refractivity contribution >= 4 is 25.7 Å². The van der Waals surface area contributed by atoms with Gasteiger partial charge in [-0.25, -0.2) is 21.6 Å². The van der Waals surface area contributed by atoms with Gasteiger partial charge >= 0.3 is 0 Å². The van der Waals surface area contributed by atoms with Crippen molar-refractivity contribution in [2.24, 2.45) is 0 Å². The predicted octanol–water partition coefficient (Wildman–Crippen LogP) is 1.65. The van der Waals surface area contributed by atoms with E-state index in [9.17, 15) is 21.9 Å². The molecular formula is C20H26N2O7S2. The van der Waals surface area contributed by atoms with Crippen LogP contribution in [0.3, 0.4) is 0 Å². The Balaban J connectivity index is 1.69. The molecule has 1 unspecified atom stereocenters. The second-order valence-electron chi connectivity index (χ2n) is 7.07. The van der Waals surface area contributed by atoms with Crippen molar-refractivity contribution in [2.45, 2.75) is 23.8 Å². The summed E-state index contributed by atoms with van der Waals surface area (Å²) in [5.41, 5.74) is 0.898. The Morgan fingerprint density at radius 1 is 1.06 bits per heavy atom. The largest absolute Gasteiger partial charge is 0.493 e. The molecule has 0 bridgehead atoms. The molecule has 2 N–H and O–H groups in total. The minimum atomic E-state index is -3.90. The van der Waals surface area contributed by atoms with E-state index in [0.29, 0.717) is 35.7 Å². The molecule has 0 saturated carbocycles. The van der Waals surface area contributed by atoms with Gasteiger partial charge in [0.05, 0.1) is 36.7 Å². The van der Waals surface area contributed by atoms with E-state index < -0.39 is 26.2 Å². The number of nitrogens with one attached hydrogen (secondary N) is 1. The summed E-state index contributed by atoms with van der Waals surface area (Å²) in [5.74, 6) is 1.00. The van der Waals surface area contributed by atoms with Crippen LogP contribution in [0, 0.1) is 0 Å². The van der Waals surface area contributed by atoms with Crippen LogP contribution in [0.1, 0.15) is 24.5 Å². The third-order valence-electron chi connectivity index (χ3n) is 5.04. The highest BCUT2D eigenvalue weighted by atomic mass is 32.2. The van der Waals surface area contributed by atoms with E-state index >= 15 is 0 Å². The van der Waals surface area contributed by atoms with Crippen molar-refractivity contribution in [3.05, 3.63) is 48.0 Å². The van der Waals surface area contributed by atoms with E-state index in [1.165, 1.54) is 42.8 Å². The molecule has 1 fully saturated rings. The van der Waals surface area contributed by atoms with Crippen molar-refractivity contribution in [1.82, 2.24) is 4.72 Å². The Bertz CT molecular complexity index is 1120. The van der Waals surface area contributed by atoms with E-state index in [1.54, 1.807) is 18.2 Å². The van der Waals surface area contributed by atoms with Crippen LogP contribution in [0.5, 0.6) is 11.5 Å². The number of rotatable bonds is 8. The molecule has 0 aliphatic carbocycles. The van der Waals surface area contributed by atoms with Crippen molar-refractivity contribution in [1.29, 1.82) is 0 Å². The standard InChI is InChI=1S/C20H26N2O7S2/c1-28-19-10-5-15(13-20(19)29-2)18(23)14-21-31(26,27)17-8-6-16(7-9-17)22-11-3-4-12-30(22,24)25/h5-10,13,18,21,23H,3-4,11-12,14H2,1-2H3. The first-order valence-electron chi connectivity index (χ1n) is 9.68. The van der Waals surface area contributed by atoms with E-state index in [0.717, 1.165) is 6.42 Å². The quantitative estimate of drug-likeness (QED) is 0.601. The van der Waals surface area contributed by atoms with Gasteiger partial charge in [0, 0.05) is 13.1 Å². The van der Waals surface area contributed by atoms with Crippen molar-refractivity contribution in [3.63, 3.8) is 0 Å². The summed E-state index contributed by atoms with van der Waals surface area (Å²) in [5, 5.41) is 10.4. The maximum absolute atomic E-state index is 12.6. The monoisotopic (exact) mass is 470 g/mol. The predicted molar refractivity (Wildman–Crippen MR) is 117 cm³/mol. The molecule has 1 aliphatic rings. The first-order chi connectivity index (χ1) is 14.7. The summed E-state index contributed by atoms with van der Waals surface area (Å²) < 4.78 is 63.7. The fourth-order valence-corrected chi connectivity index (χ4v) is 6.00. The van der Waals surface area contributed by atoms with Crippen LogP contribution in [-0.2, 0) is 20.0 Å². The van der Waals surface area contributed by atoms with Crippen molar-refractivity contribution in [3.8, 4) is 11.5 Å². The molecule has 0 aromatic heterocycles. The molecule has 2 aromatic carbocycles. The fraction of sp³-hybridized carbons (Fsp3) is 0.400. The van der Waals surface area contributed by atoms with Crippen LogP contribution >= 0.6 is 0 Å². The average Bonchev–Trinajstić information content (AvgIpc) is 2.76. The van der Waals surface area contributed by atoms with E-state index in [2.05, 4.69) is 4.72 Å². The Hall–Kier alpha value is -2.34. The molecular weight excluding hydrogens is 444 g/mol. The normalized spacial score (nSPS) is 17.2. The Labute approximate surface area is 182 Å². The van der Waals surface area contributed by atoms with E-state index in [4.69, 9.17) is 9.47 Å². The van der Waals surface area contributed by atoms with Gasteiger partial charge in [-0.2, -0.15) is 0 Å². The fourth-order valence-electron chi connectivity index (χ4n) is 3.32. The Kier molecular flexibility index (Phi) is 7.10. The van der Waals surface area contributed by atoms with Gasteiger partial charge in [-0.05, 0) is 54.8 Å². The zero-order chi connectivity index (χ0) is 22.6. The average molecular weight is 471 g/mol. The number of anilines is 1. The number of hydrogen-bond acceptors (Lipinski definition) is 7.